The zero-order valence-electron chi connectivity index (χ0n) is 38.5. The molecule has 13 nitrogen and oxygen atoms in total. The molecule has 6 atom stereocenters. The zero-order chi connectivity index (χ0) is 45.7. The van der Waals surface area contributed by atoms with E-state index in [1.54, 1.807) is 24.3 Å². The maximum absolute atomic E-state index is 14.9. The van der Waals surface area contributed by atoms with E-state index < -0.39 is 23.3 Å². The first-order valence-corrected chi connectivity index (χ1v) is 23.6. The van der Waals surface area contributed by atoms with Crippen LogP contribution in [0.5, 0.6) is 23.0 Å². The fourth-order valence-electron chi connectivity index (χ4n) is 10.5. The largest absolute Gasteiger partial charge is 0.496 e. The van der Waals surface area contributed by atoms with Gasteiger partial charge in [0.25, 0.3) is 0 Å². The van der Waals surface area contributed by atoms with E-state index in [9.17, 15) is 24.9 Å². The molecule has 1 amide bonds. The van der Waals surface area contributed by atoms with Crippen molar-refractivity contribution in [3.63, 3.8) is 0 Å². The normalized spacial score (nSPS) is 24.6. The lowest BCUT2D eigenvalue weighted by atomic mass is 9.55. The summed E-state index contributed by atoms with van der Waals surface area (Å²) in [6.45, 7) is 10.7. The topological polar surface area (TPSA) is 166 Å². The second-order valence-electron chi connectivity index (χ2n) is 18.7. The zero-order valence-corrected chi connectivity index (χ0v) is 38.5. The number of methoxy groups -OCH3 is 1. The number of aliphatic hydroxyl groups excluding tert-OH is 3. The van der Waals surface area contributed by atoms with Gasteiger partial charge in [0.05, 0.1) is 50.7 Å². The lowest BCUT2D eigenvalue weighted by molar-refractivity contribution is -0.258. The molecule has 0 spiro atoms. The van der Waals surface area contributed by atoms with E-state index in [0.717, 1.165) is 68.1 Å². The highest BCUT2D eigenvalue weighted by Crippen LogP contribution is 2.62. The van der Waals surface area contributed by atoms with E-state index in [-0.39, 0.29) is 76.3 Å². The van der Waals surface area contributed by atoms with E-state index >= 15 is 0 Å². The van der Waals surface area contributed by atoms with Crippen LogP contribution in [0.4, 0.5) is 0 Å². The summed E-state index contributed by atoms with van der Waals surface area (Å²) in [6.07, 6.45) is 15.3. The summed E-state index contributed by atoms with van der Waals surface area (Å²) in [5, 5.41) is 34.5. The van der Waals surface area contributed by atoms with Crippen molar-refractivity contribution in [3.8, 4) is 23.0 Å². The van der Waals surface area contributed by atoms with Crippen LogP contribution in [0.15, 0.2) is 65.9 Å². The maximum Gasteiger partial charge on any atom is 0.239 e. The van der Waals surface area contributed by atoms with Crippen molar-refractivity contribution in [2.45, 2.75) is 128 Å². The second kappa shape index (κ2) is 23.3. The number of benzene rings is 2. The van der Waals surface area contributed by atoms with Crippen molar-refractivity contribution in [1.82, 2.24) is 4.90 Å². The lowest BCUT2D eigenvalue weighted by Crippen LogP contribution is -2.70. The highest BCUT2D eigenvalue weighted by Gasteiger charge is 2.65. The smallest absolute Gasteiger partial charge is 0.239 e. The maximum atomic E-state index is 14.9. The molecule has 352 valence electrons. The Morgan fingerprint density at radius 2 is 1.70 bits per heavy atom. The van der Waals surface area contributed by atoms with Crippen LogP contribution in [-0.4, -0.2) is 109 Å². The van der Waals surface area contributed by atoms with Crippen molar-refractivity contribution < 1.29 is 53.4 Å². The number of allylic oxidation sites excluding steroid dienone is 1. The minimum absolute atomic E-state index is 0.0179. The van der Waals surface area contributed by atoms with E-state index in [1.807, 2.05) is 43.9 Å². The molecule has 2 aromatic rings. The molecule has 0 bridgehead atoms. The predicted octanol–water partition coefficient (Wildman–Crippen LogP) is 8.54. The summed E-state index contributed by atoms with van der Waals surface area (Å²) < 4.78 is 32.3. The van der Waals surface area contributed by atoms with Crippen molar-refractivity contribution in [1.29, 1.82) is 0 Å². The molecule has 3 aliphatic carbocycles. The van der Waals surface area contributed by atoms with Crippen LogP contribution >= 0.6 is 0 Å². The number of aliphatic hydroxyl groups is 3. The van der Waals surface area contributed by atoms with Crippen LogP contribution in [0.2, 0.25) is 0 Å². The Labute approximate surface area is 379 Å². The average Bonchev–Trinajstić information content (AvgIpc) is 3.82. The monoisotopic (exact) mass is 889 g/mol. The number of carbonyl (C=O) groups excluding carboxylic acids is 2. The first kappa shape index (κ1) is 49.2. The molecule has 0 radical (unpaired) electrons. The Morgan fingerprint density at radius 3 is 2.39 bits per heavy atom. The summed E-state index contributed by atoms with van der Waals surface area (Å²) in [4.78, 5) is 35.1. The summed E-state index contributed by atoms with van der Waals surface area (Å²) in [5.74, 6) is 0.475. The van der Waals surface area contributed by atoms with Gasteiger partial charge < -0.3 is 48.7 Å². The van der Waals surface area contributed by atoms with Gasteiger partial charge in [0.15, 0.2) is 6.29 Å². The molecule has 4 aliphatic rings. The molecule has 0 aromatic heterocycles. The number of aldehydes is 1. The van der Waals surface area contributed by atoms with Crippen LogP contribution in [0, 0.1) is 23.7 Å². The van der Waals surface area contributed by atoms with Gasteiger partial charge in [-0.05, 0) is 113 Å². The standard InChI is InChI=1S/C51H72N2O11/c1-6-27-61-51-46(53(23-28-60-29-26-56)47(58)22-17-35-13-7-8-14-35)33-43(52-64-50(2,3)4)41-31-36(15-9-11-24-54)40(16-10-12-25-55)48(49(41)51)42-32-39(19-21-45(42)63-51)62-38-18-20-44(59-5)37(30-38)34-57/h6,18-21,30-32,34-36,40,46,48-49,54-56H,1,7-17,22-29,33H2,2-5H3/t36-,40+,46-,48+,49+,51+/m0/s1. The summed E-state index contributed by atoms with van der Waals surface area (Å²) in [6, 6.07) is 10.2. The van der Waals surface area contributed by atoms with Crippen LogP contribution in [0.25, 0.3) is 0 Å². The summed E-state index contributed by atoms with van der Waals surface area (Å²) in [7, 11) is 1.52. The number of hydrogen-bond acceptors (Lipinski definition) is 12. The molecule has 3 N–H and O–H groups in total. The Morgan fingerprint density at radius 1 is 0.969 bits per heavy atom. The quantitative estimate of drug-likeness (QED) is 0.0379. The second-order valence-corrected chi connectivity index (χ2v) is 18.7. The molecule has 2 aromatic carbocycles. The van der Waals surface area contributed by atoms with Gasteiger partial charge in [-0.3, -0.25) is 9.59 Å². The predicted molar refractivity (Wildman–Crippen MR) is 245 cm³/mol. The Bertz CT molecular complexity index is 1920. The van der Waals surface area contributed by atoms with Gasteiger partial charge in [-0.2, -0.15) is 0 Å². The van der Waals surface area contributed by atoms with Gasteiger partial charge in [-0.25, -0.2) is 0 Å². The van der Waals surface area contributed by atoms with Crippen molar-refractivity contribution in [3.05, 3.63) is 71.8 Å². The molecule has 64 heavy (non-hydrogen) atoms. The van der Waals surface area contributed by atoms with Gasteiger partial charge in [0.2, 0.25) is 11.7 Å². The van der Waals surface area contributed by atoms with Crippen molar-refractivity contribution in [2.24, 2.45) is 28.8 Å². The third kappa shape index (κ3) is 11.8. The van der Waals surface area contributed by atoms with Crippen LogP contribution in [0.3, 0.4) is 0 Å². The number of nitrogens with zero attached hydrogens (tertiary/aromatic N) is 2. The fraction of sp³-hybridized carbons (Fsp3) is 0.627. The molecular weight excluding hydrogens is 817 g/mol. The molecule has 13 heteroatoms. The molecule has 0 saturated heterocycles. The number of amides is 1. The van der Waals surface area contributed by atoms with Gasteiger partial charge in [0, 0.05) is 44.1 Å². The molecule has 0 unspecified atom stereocenters. The first-order valence-electron chi connectivity index (χ1n) is 23.6. The average molecular weight is 889 g/mol. The highest BCUT2D eigenvalue weighted by molar-refractivity contribution is 6.03. The summed E-state index contributed by atoms with van der Waals surface area (Å²) >= 11 is 0. The van der Waals surface area contributed by atoms with E-state index in [4.69, 9.17) is 33.7 Å². The number of fused-ring (bicyclic) bond motifs is 2. The number of hydrogen-bond donors (Lipinski definition) is 3. The van der Waals surface area contributed by atoms with Crippen LogP contribution in [-0.2, 0) is 19.1 Å². The van der Waals surface area contributed by atoms with E-state index in [1.165, 1.54) is 20.0 Å². The Balaban J connectivity index is 1.57. The van der Waals surface area contributed by atoms with Crippen LogP contribution in [0.1, 0.15) is 126 Å². The Hall–Kier alpha value is -4.27. The minimum atomic E-state index is -1.42. The van der Waals surface area contributed by atoms with Crippen LogP contribution < -0.4 is 14.2 Å². The fourth-order valence-corrected chi connectivity index (χ4v) is 10.5. The number of carbonyl (C=O) groups is 2. The number of unbranched alkanes of at least 4 members (excludes halogenated alkanes) is 2. The SMILES string of the molecule is C=CCO[C@@]12Oc3ccc(Oc4ccc(OC)c(C=O)c4)cc3[C@H]3[C@H](CCCCO)[C@@H](CCCCO)C=C(C(=NOC(C)(C)C)C[C@@H]1N(CCOCCO)C(=O)CCC1CCCC1)[C@H]32. The van der Waals surface area contributed by atoms with Gasteiger partial charge >= 0.3 is 0 Å². The third-order valence-corrected chi connectivity index (χ3v) is 13.3. The number of ether oxygens (including phenoxy) is 5. The third-order valence-electron chi connectivity index (χ3n) is 13.3. The number of oxime groups is 1. The Kier molecular flexibility index (Phi) is 17.9. The molecule has 6 rings (SSSR count). The van der Waals surface area contributed by atoms with Crippen molar-refractivity contribution >= 4 is 17.9 Å². The van der Waals surface area contributed by atoms with Gasteiger partial charge in [0.1, 0.15) is 34.6 Å². The van der Waals surface area contributed by atoms with E-state index in [0.29, 0.717) is 53.7 Å². The molecule has 2 saturated carbocycles. The lowest BCUT2D eigenvalue weighted by Gasteiger charge is -2.60. The first-order chi connectivity index (χ1) is 31.0. The highest BCUT2D eigenvalue weighted by atomic mass is 16.7. The van der Waals surface area contributed by atoms with Crippen molar-refractivity contribution in [2.75, 3.05) is 53.3 Å². The number of rotatable bonds is 25. The summed E-state index contributed by atoms with van der Waals surface area (Å²) in [5.41, 5.74) is 2.33. The molecule has 1 heterocycles. The molecule has 2 fully saturated rings. The minimum Gasteiger partial charge on any atom is -0.496 e. The molecular formula is C51H72N2O11. The van der Waals surface area contributed by atoms with E-state index in [2.05, 4.69) is 12.7 Å². The van der Waals surface area contributed by atoms with Gasteiger partial charge in [-0.15, -0.1) is 6.58 Å². The molecule has 1 aliphatic heterocycles. The van der Waals surface area contributed by atoms with Gasteiger partial charge in [-0.1, -0.05) is 55.8 Å².